The number of benzene rings is 4. The highest BCUT2D eigenvalue weighted by atomic mass is 35.5. The number of nitrogens with zero attached hydrogens (tertiary/aromatic N) is 2. The number of ether oxygens (including phenoxy) is 1. The van der Waals surface area contributed by atoms with Gasteiger partial charge in [-0.2, -0.15) is 26.3 Å². The molecular formula is C26H10Cl4F6N2O5. The molecule has 0 N–H and O–H groups in total. The first-order valence-electron chi connectivity index (χ1n) is 11.3. The van der Waals surface area contributed by atoms with Crippen molar-refractivity contribution in [1.82, 2.24) is 0 Å². The van der Waals surface area contributed by atoms with Crippen LogP contribution in [0.4, 0.5) is 37.7 Å². The summed E-state index contributed by atoms with van der Waals surface area (Å²) in [5.74, 6) is -1.03. The summed E-state index contributed by atoms with van der Waals surface area (Å²) in [5, 5.41) is 21.5. The topological polar surface area (TPSA) is 95.5 Å². The molecular weight excluding hydrogens is 676 g/mol. The summed E-state index contributed by atoms with van der Waals surface area (Å²) in [7, 11) is 0. The Morgan fingerprint density at radius 3 is 1.14 bits per heavy atom. The highest BCUT2D eigenvalue weighted by Crippen LogP contribution is 2.52. The third-order valence-corrected chi connectivity index (χ3v) is 7.19. The number of nitro benzene ring substituents is 2. The fourth-order valence-corrected chi connectivity index (χ4v) is 5.22. The minimum Gasteiger partial charge on any atom is -0.451 e. The van der Waals surface area contributed by atoms with Gasteiger partial charge in [-0.3, -0.25) is 20.2 Å². The zero-order valence-electron chi connectivity index (χ0n) is 20.5. The zero-order chi connectivity index (χ0) is 32.0. The normalized spacial score (nSPS) is 11.9. The van der Waals surface area contributed by atoms with Crippen LogP contribution in [-0.2, 0) is 12.4 Å². The molecule has 0 unspecified atom stereocenters. The van der Waals surface area contributed by atoms with Crippen LogP contribution in [0.2, 0.25) is 20.1 Å². The summed E-state index contributed by atoms with van der Waals surface area (Å²) < 4.78 is 84.1. The number of halogens is 10. The van der Waals surface area contributed by atoms with Gasteiger partial charge in [0.25, 0.3) is 11.4 Å². The van der Waals surface area contributed by atoms with E-state index in [0.29, 0.717) is 24.3 Å². The Morgan fingerprint density at radius 2 is 0.884 bits per heavy atom. The molecule has 0 aromatic heterocycles. The molecule has 0 saturated carbocycles. The smallest absolute Gasteiger partial charge is 0.416 e. The Hall–Kier alpha value is -3.78. The van der Waals surface area contributed by atoms with E-state index < -0.39 is 87.4 Å². The highest BCUT2D eigenvalue weighted by Gasteiger charge is 2.33. The Morgan fingerprint density at radius 1 is 0.581 bits per heavy atom. The van der Waals surface area contributed by atoms with Crippen molar-refractivity contribution in [3.05, 3.63) is 112 Å². The number of nitro groups is 2. The lowest BCUT2D eigenvalue weighted by molar-refractivity contribution is -0.384. The van der Waals surface area contributed by atoms with Crippen LogP contribution in [0.25, 0.3) is 22.3 Å². The SMILES string of the molecule is O=[N+]([O-])c1cc(Cl)c(Oc2c(Cl)cc([N+](=O)[O-])c(-c3ccc(C(F)(F)F)cc3)c2Cl)c(Cl)c1-c1ccc(C(F)(F)F)cc1. The van der Waals surface area contributed by atoms with E-state index in [4.69, 9.17) is 51.1 Å². The van der Waals surface area contributed by atoms with Crippen LogP contribution < -0.4 is 4.74 Å². The summed E-state index contributed by atoms with van der Waals surface area (Å²) in [6.07, 6.45) is -9.40. The van der Waals surface area contributed by atoms with Gasteiger partial charge in [-0.25, -0.2) is 0 Å². The van der Waals surface area contributed by atoms with Gasteiger partial charge in [0.15, 0.2) is 11.5 Å². The van der Waals surface area contributed by atoms with Gasteiger partial charge in [0.2, 0.25) is 0 Å². The summed E-state index contributed by atoms with van der Waals surface area (Å²) in [6, 6.07) is 8.03. The molecule has 43 heavy (non-hydrogen) atoms. The minimum absolute atomic E-state index is 0.127. The average molecular weight is 686 g/mol. The fourth-order valence-electron chi connectivity index (χ4n) is 3.96. The number of hydrogen-bond donors (Lipinski definition) is 0. The Balaban J connectivity index is 1.91. The first-order chi connectivity index (χ1) is 19.9. The Bertz CT molecular complexity index is 1630. The Labute approximate surface area is 256 Å². The molecule has 0 radical (unpaired) electrons. The van der Waals surface area contributed by atoms with E-state index in [1.165, 1.54) is 0 Å². The molecule has 0 atom stereocenters. The lowest BCUT2D eigenvalue weighted by Gasteiger charge is -2.17. The predicted octanol–water partition coefficient (Wildman–Crippen LogP) is 11.3. The van der Waals surface area contributed by atoms with Crippen molar-refractivity contribution >= 4 is 57.8 Å². The largest absolute Gasteiger partial charge is 0.451 e. The Kier molecular flexibility index (Phi) is 8.76. The molecule has 0 spiro atoms. The molecule has 7 nitrogen and oxygen atoms in total. The molecule has 17 heteroatoms. The van der Waals surface area contributed by atoms with E-state index in [9.17, 15) is 46.6 Å². The average Bonchev–Trinajstić information content (AvgIpc) is 2.91. The fraction of sp³-hybridized carbons (Fsp3) is 0.0769. The van der Waals surface area contributed by atoms with Crippen LogP contribution in [-0.4, -0.2) is 9.85 Å². The van der Waals surface area contributed by atoms with E-state index in [2.05, 4.69) is 0 Å². The molecule has 4 aromatic carbocycles. The van der Waals surface area contributed by atoms with Gasteiger partial charge >= 0.3 is 12.4 Å². The van der Waals surface area contributed by atoms with Crippen LogP contribution in [0.1, 0.15) is 11.1 Å². The molecule has 4 aromatic rings. The summed E-state index contributed by atoms with van der Waals surface area (Å²) in [6.45, 7) is 0. The predicted molar refractivity (Wildman–Crippen MR) is 147 cm³/mol. The van der Waals surface area contributed by atoms with Gasteiger partial charge in [0, 0.05) is 12.1 Å². The van der Waals surface area contributed by atoms with Crippen molar-refractivity contribution < 1.29 is 40.9 Å². The maximum Gasteiger partial charge on any atom is 0.416 e. The van der Waals surface area contributed by atoms with Crippen LogP contribution in [0.3, 0.4) is 0 Å². The van der Waals surface area contributed by atoms with Crippen molar-refractivity contribution in [2.45, 2.75) is 12.4 Å². The van der Waals surface area contributed by atoms with E-state index in [-0.39, 0.29) is 11.1 Å². The van der Waals surface area contributed by atoms with Crippen molar-refractivity contribution in [1.29, 1.82) is 0 Å². The summed E-state index contributed by atoms with van der Waals surface area (Å²) >= 11 is 25.3. The first-order valence-corrected chi connectivity index (χ1v) is 12.8. The van der Waals surface area contributed by atoms with Gasteiger partial charge in [-0.15, -0.1) is 0 Å². The summed E-state index contributed by atoms with van der Waals surface area (Å²) in [5.41, 5.74) is -4.52. The van der Waals surface area contributed by atoms with E-state index in [1.807, 2.05) is 0 Å². The second kappa shape index (κ2) is 11.7. The molecule has 0 saturated heterocycles. The zero-order valence-corrected chi connectivity index (χ0v) is 23.5. The number of hydrogen-bond acceptors (Lipinski definition) is 5. The van der Waals surface area contributed by atoms with Crippen molar-refractivity contribution in [2.75, 3.05) is 0 Å². The summed E-state index contributed by atoms with van der Waals surface area (Å²) in [4.78, 5) is 21.8. The monoisotopic (exact) mass is 684 g/mol. The second-order valence-electron chi connectivity index (χ2n) is 8.56. The molecule has 0 fully saturated rings. The van der Waals surface area contributed by atoms with Crippen LogP contribution in [0.15, 0.2) is 60.7 Å². The van der Waals surface area contributed by atoms with E-state index >= 15 is 0 Å². The third-order valence-electron chi connectivity index (χ3n) is 5.91. The first kappa shape index (κ1) is 32.1. The van der Waals surface area contributed by atoms with Crippen LogP contribution in [0, 0.1) is 20.2 Å². The minimum atomic E-state index is -4.70. The highest BCUT2D eigenvalue weighted by molar-refractivity contribution is 6.41. The maximum atomic E-state index is 13.1. The van der Waals surface area contributed by atoms with Crippen molar-refractivity contribution in [3.8, 4) is 33.8 Å². The standard InChI is InChI=1S/C26H10Cl4F6N2O5/c27-15-9-17(37(39)40)19(11-1-5-13(6-2-11)25(31,32)33)21(29)23(15)43-24-16(28)10-18(38(41)42)20(22(24)30)12-3-7-14(8-4-12)26(34,35)36/h1-10H. The van der Waals surface area contributed by atoms with Crippen molar-refractivity contribution in [3.63, 3.8) is 0 Å². The molecule has 0 aliphatic rings. The van der Waals surface area contributed by atoms with E-state index in [1.54, 1.807) is 0 Å². The van der Waals surface area contributed by atoms with Gasteiger partial charge in [0.05, 0.1) is 52.2 Å². The lowest BCUT2D eigenvalue weighted by Crippen LogP contribution is -2.04. The molecule has 0 amide bonds. The molecule has 4 rings (SSSR count). The number of alkyl halides is 6. The number of rotatable bonds is 6. The molecule has 0 aliphatic carbocycles. The quantitative estimate of drug-likeness (QED) is 0.114. The van der Waals surface area contributed by atoms with Gasteiger partial charge < -0.3 is 4.74 Å². The van der Waals surface area contributed by atoms with Gasteiger partial charge in [-0.05, 0) is 35.4 Å². The van der Waals surface area contributed by atoms with Crippen LogP contribution >= 0.6 is 46.4 Å². The third kappa shape index (κ3) is 6.44. The second-order valence-corrected chi connectivity index (χ2v) is 10.1. The van der Waals surface area contributed by atoms with Gasteiger partial charge in [-0.1, -0.05) is 70.7 Å². The molecule has 224 valence electrons. The van der Waals surface area contributed by atoms with E-state index in [0.717, 1.165) is 36.4 Å². The molecule has 0 heterocycles. The maximum absolute atomic E-state index is 13.1. The molecule has 0 bridgehead atoms. The van der Waals surface area contributed by atoms with Gasteiger partial charge in [0.1, 0.15) is 0 Å². The molecule has 0 aliphatic heterocycles. The van der Waals surface area contributed by atoms with Crippen LogP contribution in [0.5, 0.6) is 11.5 Å². The lowest BCUT2D eigenvalue weighted by atomic mass is 10.0. The van der Waals surface area contributed by atoms with Crippen molar-refractivity contribution in [2.24, 2.45) is 0 Å².